The van der Waals surface area contributed by atoms with Crippen LogP contribution in [-0.4, -0.2) is 26.0 Å². The lowest BCUT2D eigenvalue weighted by Crippen LogP contribution is -2.16. The number of aromatic carboxylic acids is 1. The molecule has 16 heavy (non-hydrogen) atoms. The van der Waals surface area contributed by atoms with Crippen molar-refractivity contribution in [3.8, 4) is 0 Å². The van der Waals surface area contributed by atoms with E-state index in [0.717, 1.165) is 0 Å². The van der Waals surface area contributed by atoms with Crippen molar-refractivity contribution in [2.45, 2.75) is 6.92 Å². The van der Waals surface area contributed by atoms with E-state index in [1.165, 1.54) is 6.20 Å². The summed E-state index contributed by atoms with van der Waals surface area (Å²) in [4.78, 5) is 32.5. The minimum absolute atomic E-state index is 0.0567. The molecular formula is C9H8N4O3. The number of aromatic nitrogens is 3. The number of hydrogen-bond acceptors (Lipinski definition) is 5. The van der Waals surface area contributed by atoms with E-state index in [2.05, 4.69) is 15.0 Å². The van der Waals surface area contributed by atoms with Gasteiger partial charge in [-0.05, 0) is 6.92 Å². The van der Waals surface area contributed by atoms with E-state index in [1.807, 2.05) is 0 Å². The van der Waals surface area contributed by atoms with E-state index in [-0.39, 0.29) is 22.3 Å². The Hall–Kier alpha value is -2.44. The van der Waals surface area contributed by atoms with E-state index in [4.69, 9.17) is 10.8 Å². The maximum absolute atomic E-state index is 11.5. The average molecular weight is 220 g/mol. The second kappa shape index (κ2) is 3.30. The van der Waals surface area contributed by atoms with Gasteiger partial charge in [0.15, 0.2) is 0 Å². The number of fused-ring (bicyclic) bond motifs is 1. The minimum atomic E-state index is -1.24. The first kappa shape index (κ1) is 10.1. The summed E-state index contributed by atoms with van der Waals surface area (Å²) < 4.78 is 0. The number of carboxylic acid groups (broad SMARTS) is 1. The van der Waals surface area contributed by atoms with Crippen molar-refractivity contribution in [3.05, 3.63) is 27.9 Å². The van der Waals surface area contributed by atoms with Gasteiger partial charge in [-0.3, -0.25) is 4.79 Å². The zero-order valence-corrected chi connectivity index (χ0v) is 8.31. The molecule has 0 aliphatic heterocycles. The van der Waals surface area contributed by atoms with Gasteiger partial charge in [0, 0.05) is 6.20 Å². The molecule has 2 aromatic rings. The fourth-order valence-corrected chi connectivity index (χ4v) is 1.42. The molecule has 0 bridgehead atoms. The molecule has 0 saturated carbocycles. The summed E-state index contributed by atoms with van der Waals surface area (Å²) in [6.45, 7) is 1.60. The third-order valence-corrected chi connectivity index (χ3v) is 2.12. The number of nitrogens with one attached hydrogen (secondary N) is 1. The third-order valence-electron chi connectivity index (χ3n) is 2.12. The Morgan fingerprint density at radius 3 is 2.88 bits per heavy atom. The Morgan fingerprint density at radius 2 is 2.25 bits per heavy atom. The number of carbonyl (C=O) groups is 1. The second-order valence-electron chi connectivity index (χ2n) is 3.23. The van der Waals surface area contributed by atoms with Gasteiger partial charge in [0.05, 0.1) is 10.9 Å². The molecule has 7 nitrogen and oxygen atoms in total. The average Bonchev–Trinajstić information content (AvgIpc) is 2.15. The number of H-pyrrole nitrogens is 1. The minimum Gasteiger partial charge on any atom is -0.477 e. The van der Waals surface area contributed by atoms with Crippen LogP contribution in [0, 0.1) is 6.92 Å². The summed E-state index contributed by atoms with van der Waals surface area (Å²) in [6, 6.07) is 0. The van der Waals surface area contributed by atoms with Crippen LogP contribution in [0.4, 0.5) is 5.82 Å². The van der Waals surface area contributed by atoms with Crippen molar-refractivity contribution in [1.82, 2.24) is 15.0 Å². The molecule has 82 valence electrons. The molecular weight excluding hydrogens is 212 g/mol. The van der Waals surface area contributed by atoms with Gasteiger partial charge in [0.25, 0.3) is 5.56 Å². The monoisotopic (exact) mass is 220 g/mol. The second-order valence-corrected chi connectivity index (χ2v) is 3.23. The van der Waals surface area contributed by atoms with Crippen LogP contribution in [0.5, 0.6) is 0 Å². The lowest BCUT2D eigenvalue weighted by Gasteiger charge is -2.04. The van der Waals surface area contributed by atoms with Crippen molar-refractivity contribution < 1.29 is 9.90 Å². The fourth-order valence-electron chi connectivity index (χ4n) is 1.42. The molecule has 0 unspecified atom stereocenters. The van der Waals surface area contributed by atoms with E-state index >= 15 is 0 Å². The number of nitrogen functional groups attached to an aromatic ring is 1. The summed E-state index contributed by atoms with van der Waals surface area (Å²) >= 11 is 0. The molecule has 0 radical (unpaired) electrons. The number of nitrogens with two attached hydrogens (primary N) is 1. The number of hydrogen-bond donors (Lipinski definition) is 3. The van der Waals surface area contributed by atoms with E-state index < -0.39 is 11.5 Å². The molecule has 0 fully saturated rings. The fraction of sp³-hybridized carbons (Fsp3) is 0.111. The zero-order valence-electron chi connectivity index (χ0n) is 8.31. The molecule has 0 aromatic carbocycles. The summed E-state index contributed by atoms with van der Waals surface area (Å²) in [5.74, 6) is -1.07. The number of carboxylic acids is 1. The van der Waals surface area contributed by atoms with Crippen molar-refractivity contribution in [2.75, 3.05) is 5.73 Å². The topological polar surface area (TPSA) is 122 Å². The predicted octanol–water partition coefficient (Wildman–Crippen LogP) is -0.0931. The van der Waals surface area contributed by atoms with Crippen LogP contribution in [-0.2, 0) is 0 Å². The molecule has 0 saturated heterocycles. The largest absolute Gasteiger partial charge is 0.477 e. The summed E-state index contributed by atoms with van der Waals surface area (Å²) in [6.07, 6.45) is 1.28. The standard InChI is InChI=1S/C9H8N4O3/c1-3-11-2-4-6(12-3)5(9(15)16)7(10)13-8(4)14/h2H,1H3,(H,15,16)(H3,10,13,14). The van der Waals surface area contributed by atoms with Gasteiger partial charge in [0.2, 0.25) is 0 Å². The van der Waals surface area contributed by atoms with Crippen LogP contribution in [0.2, 0.25) is 0 Å². The summed E-state index contributed by atoms with van der Waals surface area (Å²) in [7, 11) is 0. The van der Waals surface area contributed by atoms with Crippen molar-refractivity contribution in [2.24, 2.45) is 0 Å². The van der Waals surface area contributed by atoms with Gasteiger partial charge in [-0.2, -0.15) is 0 Å². The van der Waals surface area contributed by atoms with E-state index in [9.17, 15) is 9.59 Å². The molecule has 2 aromatic heterocycles. The van der Waals surface area contributed by atoms with Crippen LogP contribution in [0.25, 0.3) is 10.9 Å². The number of aryl methyl sites for hydroxylation is 1. The zero-order chi connectivity index (χ0) is 11.9. The molecule has 0 aliphatic rings. The Bertz CT molecular complexity index is 647. The maximum Gasteiger partial charge on any atom is 0.341 e. The van der Waals surface area contributed by atoms with Crippen LogP contribution in [0.1, 0.15) is 16.2 Å². The van der Waals surface area contributed by atoms with Gasteiger partial charge < -0.3 is 15.8 Å². The third kappa shape index (κ3) is 1.38. The smallest absolute Gasteiger partial charge is 0.341 e. The maximum atomic E-state index is 11.5. The van der Waals surface area contributed by atoms with Crippen LogP contribution in [0.15, 0.2) is 11.0 Å². The van der Waals surface area contributed by atoms with Crippen LogP contribution < -0.4 is 11.3 Å². The van der Waals surface area contributed by atoms with Crippen LogP contribution in [0.3, 0.4) is 0 Å². The Balaban J connectivity index is 3.03. The first-order valence-corrected chi connectivity index (χ1v) is 4.39. The van der Waals surface area contributed by atoms with E-state index in [0.29, 0.717) is 5.82 Å². The number of pyridine rings is 1. The molecule has 0 atom stereocenters. The highest BCUT2D eigenvalue weighted by Crippen LogP contribution is 2.16. The molecule has 4 N–H and O–H groups in total. The van der Waals surface area contributed by atoms with E-state index in [1.54, 1.807) is 6.92 Å². The number of anilines is 1. The van der Waals surface area contributed by atoms with Gasteiger partial charge in [0.1, 0.15) is 17.2 Å². The van der Waals surface area contributed by atoms with Crippen molar-refractivity contribution >= 4 is 22.7 Å². The molecule has 0 aliphatic carbocycles. The first-order chi connectivity index (χ1) is 7.50. The molecule has 0 spiro atoms. The number of nitrogens with zero attached hydrogens (tertiary/aromatic N) is 2. The number of rotatable bonds is 1. The highest BCUT2D eigenvalue weighted by atomic mass is 16.4. The van der Waals surface area contributed by atoms with Crippen molar-refractivity contribution in [1.29, 1.82) is 0 Å². The van der Waals surface area contributed by atoms with Gasteiger partial charge in [-0.15, -0.1) is 0 Å². The Morgan fingerprint density at radius 1 is 1.56 bits per heavy atom. The number of aromatic amines is 1. The first-order valence-electron chi connectivity index (χ1n) is 4.39. The molecule has 2 heterocycles. The summed E-state index contributed by atoms with van der Waals surface area (Å²) in [5.41, 5.74) is 4.79. The van der Waals surface area contributed by atoms with Crippen molar-refractivity contribution in [3.63, 3.8) is 0 Å². The Kier molecular flexibility index (Phi) is 2.08. The highest BCUT2D eigenvalue weighted by molar-refractivity contribution is 6.05. The van der Waals surface area contributed by atoms with Gasteiger partial charge in [-0.25, -0.2) is 14.8 Å². The molecule has 7 heteroatoms. The molecule has 2 rings (SSSR count). The SMILES string of the molecule is Cc1ncc2c(=O)[nH]c(N)c(C(=O)O)c2n1. The highest BCUT2D eigenvalue weighted by Gasteiger charge is 2.17. The lowest BCUT2D eigenvalue weighted by atomic mass is 10.2. The Labute approximate surface area is 89.0 Å². The van der Waals surface area contributed by atoms with Gasteiger partial charge >= 0.3 is 5.97 Å². The lowest BCUT2D eigenvalue weighted by molar-refractivity contribution is 0.0699. The normalized spacial score (nSPS) is 10.6. The predicted molar refractivity (Wildman–Crippen MR) is 56.3 cm³/mol. The quantitative estimate of drug-likeness (QED) is 0.617. The summed E-state index contributed by atoms with van der Waals surface area (Å²) in [5, 5.41) is 9.09. The molecule has 0 amide bonds. The van der Waals surface area contributed by atoms with Gasteiger partial charge in [-0.1, -0.05) is 0 Å². The van der Waals surface area contributed by atoms with Crippen LogP contribution >= 0.6 is 0 Å².